The molecule has 0 amide bonds. The fourth-order valence-electron chi connectivity index (χ4n) is 3.48. The van der Waals surface area contributed by atoms with Crippen LogP contribution in [0.15, 0.2) is 11.5 Å². The molecule has 1 aliphatic heterocycles. The number of hydrogen-bond acceptors (Lipinski definition) is 4. The fourth-order valence-corrected chi connectivity index (χ4v) is 5.27. The molecule has 0 aromatic carbocycles. The minimum Gasteiger partial charge on any atom is -0.526 e. The first-order valence-electron chi connectivity index (χ1n) is 9.24. The zero-order chi connectivity index (χ0) is 19.0. The van der Waals surface area contributed by atoms with Crippen LogP contribution >= 0.6 is 0 Å². The van der Waals surface area contributed by atoms with Gasteiger partial charge in [-0.1, -0.05) is 40.7 Å². The molecule has 1 heterocycles. The maximum atomic E-state index is 6.38. The number of hydrogen-bond donors (Lipinski definition) is 0. The maximum absolute atomic E-state index is 6.38. The van der Waals surface area contributed by atoms with Crippen molar-refractivity contribution in [2.75, 3.05) is 20.8 Å². The van der Waals surface area contributed by atoms with Crippen molar-refractivity contribution in [3.05, 3.63) is 11.5 Å². The minimum absolute atomic E-state index is 0.00169. The molecule has 4 nitrogen and oxygen atoms in total. The summed E-state index contributed by atoms with van der Waals surface area (Å²) in [5.74, 6) is 0.315. The highest BCUT2D eigenvalue weighted by Crippen LogP contribution is 2.42. The zero-order valence-corrected chi connectivity index (χ0v) is 18.5. The summed E-state index contributed by atoms with van der Waals surface area (Å²) >= 11 is 0. The third kappa shape index (κ3) is 4.22. The predicted molar refractivity (Wildman–Crippen MR) is 106 cm³/mol. The van der Waals surface area contributed by atoms with Gasteiger partial charge in [-0.3, -0.25) is 0 Å². The highest BCUT2D eigenvalue weighted by atomic mass is 28.3. The Morgan fingerprint density at radius 3 is 2.20 bits per heavy atom. The van der Waals surface area contributed by atoms with Crippen molar-refractivity contribution in [3.8, 4) is 0 Å². The van der Waals surface area contributed by atoms with Gasteiger partial charge in [0.2, 0.25) is 0 Å². The molecule has 1 atom stereocenters. The van der Waals surface area contributed by atoms with Crippen LogP contribution in [0, 0.1) is 16.7 Å². The molecular formula is C19H35BO4Si. The van der Waals surface area contributed by atoms with Gasteiger partial charge < -0.3 is 18.2 Å². The smallest absolute Gasteiger partial charge is 0.489 e. The SMILES string of the molecule is CO[Si](OC)=C1CCC(B2OCC(C)(C)C(C)(C)O2)=CC1C(C)(C)C. The summed E-state index contributed by atoms with van der Waals surface area (Å²) in [5.41, 5.74) is 1.16. The molecule has 25 heavy (non-hydrogen) atoms. The van der Waals surface area contributed by atoms with Crippen LogP contribution in [-0.2, 0) is 18.2 Å². The van der Waals surface area contributed by atoms with E-state index < -0.39 is 8.90 Å². The van der Waals surface area contributed by atoms with Crippen molar-refractivity contribution in [1.82, 2.24) is 0 Å². The monoisotopic (exact) mass is 366 g/mol. The molecule has 142 valence electrons. The van der Waals surface area contributed by atoms with Crippen molar-refractivity contribution >= 4 is 21.2 Å². The highest BCUT2D eigenvalue weighted by Gasteiger charge is 2.48. The van der Waals surface area contributed by atoms with E-state index in [1.54, 1.807) is 14.2 Å². The first kappa shape index (κ1) is 20.7. The molecule has 1 saturated heterocycles. The summed E-state index contributed by atoms with van der Waals surface area (Å²) in [5, 5.41) is 1.40. The van der Waals surface area contributed by atoms with Gasteiger partial charge in [-0.2, -0.15) is 0 Å². The molecule has 6 heteroatoms. The van der Waals surface area contributed by atoms with Crippen molar-refractivity contribution in [3.63, 3.8) is 0 Å². The summed E-state index contributed by atoms with van der Waals surface area (Å²) in [6, 6.07) is 0. The number of rotatable bonds is 3. The minimum atomic E-state index is -1.36. The van der Waals surface area contributed by atoms with Crippen molar-refractivity contribution in [1.29, 1.82) is 0 Å². The first-order chi connectivity index (χ1) is 11.4. The summed E-state index contributed by atoms with van der Waals surface area (Å²) in [4.78, 5) is 0. The van der Waals surface area contributed by atoms with E-state index in [-0.39, 0.29) is 23.5 Å². The van der Waals surface area contributed by atoms with Gasteiger partial charge in [0, 0.05) is 17.9 Å². The molecule has 2 aliphatic rings. The van der Waals surface area contributed by atoms with Gasteiger partial charge in [-0.15, -0.1) is 0 Å². The molecule has 2 rings (SSSR count). The Labute approximate surface area is 155 Å². The largest absolute Gasteiger partial charge is 0.526 e. The molecule has 0 radical (unpaired) electrons. The third-order valence-corrected chi connectivity index (χ3v) is 7.76. The molecule has 0 N–H and O–H groups in total. The van der Waals surface area contributed by atoms with E-state index in [2.05, 4.69) is 54.5 Å². The summed E-state index contributed by atoms with van der Waals surface area (Å²) in [7, 11) is 1.90. The molecule has 1 unspecified atom stereocenters. The van der Waals surface area contributed by atoms with Crippen LogP contribution in [0.5, 0.6) is 0 Å². The van der Waals surface area contributed by atoms with Gasteiger partial charge in [-0.25, -0.2) is 0 Å². The van der Waals surface area contributed by atoms with Crippen LogP contribution in [0.4, 0.5) is 0 Å². The molecule has 0 spiro atoms. The second kappa shape index (κ2) is 7.20. The number of allylic oxidation sites excluding steroid dienone is 2. The summed E-state index contributed by atoms with van der Waals surface area (Å²) in [6.07, 6.45) is 4.29. The highest BCUT2D eigenvalue weighted by molar-refractivity contribution is 6.62. The fraction of sp³-hybridized carbons (Fsp3) is 0.842. The quantitative estimate of drug-likeness (QED) is 0.713. The Morgan fingerprint density at radius 1 is 1.12 bits per heavy atom. The van der Waals surface area contributed by atoms with Gasteiger partial charge in [0.15, 0.2) is 0 Å². The Hall–Kier alpha value is -0.588. The van der Waals surface area contributed by atoms with E-state index in [0.717, 1.165) is 12.8 Å². The molecule has 0 aromatic rings. The maximum Gasteiger partial charge on any atom is 0.489 e. The van der Waals surface area contributed by atoms with Crippen molar-refractivity contribution in [2.45, 2.75) is 66.9 Å². The molecule has 0 saturated carbocycles. The average molecular weight is 366 g/mol. The Kier molecular flexibility index (Phi) is 5.97. The summed E-state index contributed by atoms with van der Waals surface area (Å²) in [6.45, 7) is 16.3. The lowest BCUT2D eigenvalue weighted by atomic mass is 9.63. The zero-order valence-electron chi connectivity index (χ0n) is 17.5. The van der Waals surface area contributed by atoms with Crippen molar-refractivity contribution in [2.24, 2.45) is 16.7 Å². The molecule has 1 aliphatic carbocycles. The second-order valence-electron chi connectivity index (χ2n) is 9.46. The average Bonchev–Trinajstić information content (AvgIpc) is 2.50. The van der Waals surface area contributed by atoms with E-state index in [9.17, 15) is 0 Å². The second-order valence-corrected chi connectivity index (χ2v) is 11.5. The Bertz CT molecular complexity index is 554. The molecule has 1 fully saturated rings. The van der Waals surface area contributed by atoms with Crippen LogP contribution in [0.25, 0.3) is 0 Å². The lowest BCUT2D eigenvalue weighted by Crippen LogP contribution is -2.55. The van der Waals surface area contributed by atoms with Crippen molar-refractivity contribution < 1.29 is 18.2 Å². The van der Waals surface area contributed by atoms with Gasteiger partial charge in [-0.05, 0) is 42.7 Å². The predicted octanol–water partition coefficient (Wildman–Crippen LogP) is 3.78. The van der Waals surface area contributed by atoms with Crippen LogP contribution < -0.4 is 0 Å². The third-order valence-electron chi connectivity index (χ3n) is 5.93. The standard InChI is InChI=1S/C19H35BO4Si/c1-17(2,3)15-12-14(10-11-16(15)25(21-8)22-9)20-23-13-18(4,5)19(6,7)24-20/h12,15H,10-11,13H2,1-9H3. The normalized spacial score (nSPS) is 26.1. The first-order valence-corrected chi connectivity index (χ1v) is 10.6. The van der Waals surface area contributed by atoms with Crippen LogP contribution in [0.2, 0.25) is 0 Å². The van der Waals surface area contributed by atoms with Gasteiger partial charge >= 0.3 is 16.0 Å². The van der Waals surface area contributed by atoms with E-state index in [0.29, 0.717) is 12.5 Å². The van der Waals surface area contributed by atoms with Gasteiger partial charge in [0.1, 0.15) is 0 Å². The van der Waals surface area contributed by atoms with Crippen LogP contribution in [0.3, 0.4) is 0 Å². The van der Waals surface area contributed by atoms with E-state index in [4.69, 9.17) is 18.2 Å². The lowest BCUT2D eigenvalue weighted by Gasteiger charge is -2.48. The Morgan fingerprint density at radius 2 is 1.72 bits per heavy atom. The molecule has 0 aromatic heterocycles. The van der Waals surface area contributed by atoms with E-state index in [1.165, 1.54) is 10.6 Å². The van der Waals surface area contributed by atoms with Gasteiger partial charge in [0.05, 0.1) is 19.8 Å². The lowest BCUT2D eigenvalue weighted by molar-refractivity contribution is -0.0954. The van der Waals surface area contributed by atoms with Crippen LogP contribution in [0.1, 0.15) is 61.3 Å². The van der Waals surface area contributed by atoms with Crippen LogP contribution in [-0.4, -0.2) is 47.6 Å². The Balaban J connectivity index is 2.34. The van der Waals surface area contributed by atoms with E-state index in [1.807, 2.05) is 0 Å². The topological polar surface area (TPSA) is 36.9 Å². The van der Waals surface area contributed by atoms with Gasteiger partial charge in [0.25, 0.3) is 0 Å². The summed E-state index contributed by atoms with van der Waals surface area (Å²) < 4.78 is 23.8. The molecular weight excluding hydrogens is 331 g/mol. The molecule has 0 bridgehead atoms. The van der Waals surface area contributed by atoms with E-state index >= 15 is 0 Å².